The lowest BCUT2D eigenvalue weighted by molar-refractivity contribution is -0.145. The van der Waals surface area contributed by atoms with Crippen molar-refractivity contribution in [3.63, 3.8) is 0 Å². The van der Waals surface area contributed by atoms with Crippen molar-refractivity contribution >= 4 is 5.91 Å². The summed E-state index contributed by atoms with van der Waals surface area (Å²) in [6.07, 6.45) is 5.28. The van der Waals surface area contributed by atoms with Gasteiger partial charge < -0.3 is 15.4 Å². The number of likely N-dealkylation sites (tertiary alicyclic amines) is 1. The van der Waals surface area contributed by atoms with E-state index in [2.05, 4.69) is 13.8 Å². The van der Waals surface area contributed by atoms with Gasteiger partial charge in [0.2, 0.25) is 5.91 Å². The van der Waals surface area contributed by atoms with Gasteiger partial charge >= 0.3 is 0 Å². The summed E-state index contributed by atoms with van der Waals surface area (Å²) >= 11 is 0. The minimum atomic E-state index is -0.182. The first-order chi connectivity index (χ1) is 8.97. The molecule has 4 nitrogen and oxygen atoms in total. The molecule has 2 fully saturated rings. The number of hydrogen-bond donors (Lipinski definition) is 1. The second-order valence-corrected chi connectivity index (χ2v) is 6.61. The Morgan fingerprint density at radius 3 is 2.79 bits per heavy atom. The van der Waals surface area contributed by atoms with E-state index in [-0.39, 0.29) is 23.5 Å². The van der Waals surface area contributed by atoms with Crippen LogP contribution in [-0.4, -0.2) is 42.6 Å². The topological polar surface area (TPSA) is 55.6 Å². The monoisotopic (exact) mass is 268 g/mol. The number of amides is 1. The quantitative estimate of drug-likeness (QED) is 0.830. The van der Waals surface area contributed by atoms with Crippen LogP contribution in [0.4, 0.5) is 0 Å². The molecule has 1 heterocycles. The summed E-state index contributed by atoms with van der Waals surface area (Å²) in [6.45, 7) is 5.82. The van der Waals surface area contributed by atoms with Crippen LogP contribution in [0.3, 0.4) is 0 Å². The number of rotatable bonds is 2. The molecule has 4 unspecified atom stereocenters. The fraction of sp³-hybridized carbons (Fsp3) is 0.933. The van der Waals surface area contributed by atoms with E-state index in [9.17, 15) is 4.79 Å². The molecule has 110 valence electrons. The van der Waals surface area contributed by atoms with Crippen LogP contribution in [0.2, 0.25) is 0 Å². The maximum absolute atomic E-state index is 12.7. The Balaban J connectivity index is 2.02. The van der Waals surface area contributed by atoms with Gasteiger partial charge in [-0.2, -0.15) is 0 Å². The number of piperidine rings is 1. The van der Waals surface area contributed by atoms with Gasteiger partial charge in [0.05, 0.1) is 11.5 Å². The van der Waals surface area contributed by atoms with Gasteiger partial charge in [0, 0.05) is 26.2 Å². The number of carbonyl (C=O) groups is 1. The summed E-state index contributed by atoms with van der Waals surface area (Å²) in [5.74, 6) is 0.728. The number of ether oxygens (including phenoxy) is 1. The number of nitrogens with zero attached hydrogens (tertiary/aromatic N) is 1. The fourth-order valence-corrected chi connectivity index (χ4v) is 3.52. The fourth-order valence-electron chi connectivity index (χ4n) is 3.52. The van der Waals surface area contributed by atoms with Crippen molar-refractivity contribution in [3.8, 4) is 0 Å². The molecular formula is C15H28N2O2. The van der Waals surface area contributed by atoms with E-state index in [1.54, 1.807) is 7.11 Å². The van der Waals surface area contributed by atoms with Crippen LogP contribution < -0.4 is 5.73 Å². The SMILES string of the molecule is COC1(C)CCCN(C(=O)C2CCCC(C)C2N)C1. The standard InChI is InChI=1S/C15H28N2O2/c1-11-6-4-7-12(13(11)16)14(18)17-9-5-8-15(2,10-17)19-3/h11-13H,4-10,16H2,1-3H3. The van der Waals surface area contributed by atoms with Crippen LogP contribution in [0.5, 0.6) is 0 Å². The molecule has 19 heavy (non-hydrogen) atoms. The molecule has 2 rings (SSSR count). The van der Waals surface area contributed by atoms with E-state index in [1.807, 2.05) is 4.90 Å². The van der Waals surface area contributed by atoms with E-state index in [1.165, 1.54) is 0 Å². The molecule has 4 heteroatoms. The summed E-state index contributed by atoms with van der Waals surface area (Å²) in [5, 5.41) is 0. The van der Waals surface area contributed by atoms with Gasteiger partial charge in [0.1, 0.15) is 0 Å². The Labute approximate surface area is 116 Å². The van der Waals surface area contributed by atoms with E-state index >= 15 is 0 Å². The van der Waals surface area contributed by atoms with Crippen LogP contribution in [0, 0.1) is 11.8 Å². The Morgan fingerprint density at radius 2 is 2.11 bits per heavy atom. The predicted molar refractivity (Wildman–Crippen MR) is 75.7 cm³/mol. The Kier molecular flexibility index (Phi) is 4.51. The predicted octanol–water partition coefficient (Wildman–Crippen LogP) is 1.78. The van der Waals surface area contributed by atoms with E-state index in [0.29, 0.717) is 12.5 Å². The third kappa shape index (κ3) is 3.11. The van der Waals surface area contributed by atoms with Crippen LogP contribution in [0.1, 0.15) is 46.0 Å². The molecule has 1 saturated carbocycles. The second-order valence-electron chi connectivity index (χ2n) is 6.61. The molecule has 0 radical (unpaired) electrons. The zero-order valence-electron chi connectivity index (χ0n) is 12.5. The third-order valence-electron chi connectivity index (χ3n) is 5.08. The van der Waals surface area contributed by atoms with Gasteiger partial charge in [-0.3, -0.25) is 4.79 Å². The molecule has 0 spiro atoms. The average molecular weight is 268 g/mol. The molecule has 2 N–H and O–H groups in total. The van der Waals surface area contributed by atoms with Crippen LogP contribution in [-0.2, 0) is 9.53 Å². The zero-order chi connectivity index (χ0) is 14.0. The highest BCUT2D eigenvalue weighted by molar-refractivity contribution is 5.80. The molecular weight excluding hydrogens is 240 g/mol. The maximum Gasteiger partial charge on any atom is 0.227 e. The molecule has 4 atom stereocenters. The molecule has 1 aliphatic heterocycles. The van der Waals surface area contributed by atoms with Crippen molar-refractivity contribution in [2.75, 3.05) is 20.2 Å². The summed E-state index contributed by atoms with van der Waals surface area (Å²) < 4.78 is 5.57. The minimum Gasteiger partial charge on any atom is -0.377 e. The Morgan fingerprint density at radius 1 is 1.37 bits per heavy atom. The molecule has 0 aromatic rings. The lowest BCUT2D eigenvalue weighted by Gasteiger charge is -2.42. The zero-order valence-corrected chi connectivity index (χ0v) is 12.5. The first-order valence-electron chi connectivity index (χ1n) is 7.56. The smallest absolute Gasteiger partial charge is 0.227 e. The van der Waals surface area contributed by atoms with Gasteiger partial charge in [-0.25, -0.2) is 0 Å². The van der Waals surface area contributed by atoms with E-state index in [4.69, 9.17) is 10.5 Å². The lowest BCUT2D eigenvalue weighted by atomic mass is 9.77. The summed E-state index contributed by atoms with van der Waals surface area (Å²) in [7, 11) is 1.74. The molecule has 1 amide bonds. The summed E-state index contributed by atoms with van der Waals surface area (Å²) in [6, 6.07) is 0.0250. The summed E-state index contributed by atoms with van der Waals surface area (Å²) in [4.78, 5) is 14.7. The van der Waals surface area contributed by atoms with Crippen molar-refractivity contribution in [1.82, 2.24) is 4.90 Å². The molecule has 0 aromatic carbocycles. The Bertz CT molecular complexity index is 334. The lowest BCUT2D eigenvalue weighted by Crippen LogP contribution is -2.55. The molecule has 1 saturated heterocycles. The van der Waals surface area contributed by atoms with E-state index < -0.39 is 0 Å². The van der Waals surface area contributed by atoms with Crippen molar-refractivity contribution in [1.29, 1.82) is 0 Å². The van der Waals surface area contributed by atoms with Crippen molar-refractivity contribution < 1.29 is 9.53 Å². The van der Waals surface area contributed by atoms with Crippen LogP contribution in [0.25, 0.3) is 0 Å². The van der Waals surface area contributed by atoms with Crippen molar-refractivity contribution in [2.24, 2.45) is 17.6 Å². The van der Waals surface area contributed by atoms with Crippen LogP contribution in [0.15, 0.2) is 0 Å². The van der Waals surface area contributed by atoms with Crippen molar-refractivity contribution in [2.45, 2.75) is 57.6 Å². The number of methoxy groups -OCH3 is 1. The van der Waals surface area contributed by atoms with Crippen molar-refractivity contribution in [3.05, 3.63) is 0 Å². The highest BCUT2D eigenvalue weighted by Gasteiger charge is 2.39. The van der Waals surface area contributed by atoms with Gasteiger partial charge in [-0.1, -0.05) is 13.3 Å². The largest absolute Gasteiger partial charge is 0.377 e. The molecule has 0 aromatic heterocycles. The highest BCUT2D eigenvalue weighted by Crippen LogP contribution is 2.31. The van der Waals surface area contributed by atoms with E-state index in [0.717, 1.165) is 38.6 Å². The Hall–Kier alpha value is -0.610. The number of carbonyl (C=O) groups excluding carboxylic acids is 1. The molecule has 0 bridgehead atoms. The average Bonchev–Trinajstić information content (AvgIpc) is 2.41. The van der Waals surface area contributed by atoms with Crippen LogP contribution >= 0.6 is 0 Å². The second kappa shape index (κ2) is 5.80. The minimum absolute atomic E-state index is 0.0166. The number of nitrogens with two attached hydrogens (primary N) is 1. The normalized spacial score (nSPS) is 40.2. The van der Waals surface area contributed by atoms with Gasteiger partial charge in [-0.05, 0) is 38.5 Å². The van der Waals surface area contributed by atoms with Gasteiger partial charge in [0.25, 0.3) is 0 Å². The first kappa shape index (κ1) is 14.8. The summed E-state index contributed by atoms with van der Waals surface area (Å²) in [5.41, 5.74) is 6.07. The van der Waals surface area contributed by atoms with Gasteiger partial charge in [-0.15, -0.1) is 0 Å². The van der Waals surface area contributed by atoms with Gasteiger partial charge in [0.15, 0.2) is 0 Å². The third-order valence-corrected chi connectivity index (χ3v) is 5.08. The highest BCUT2D eigenvalue weighted by atomic mass is 16.5. The first-order valence-corrected chi connectivity index (χ1v) is 7.56. The number of hydrogen-bond acceptors (Lipinski definition) is 3. The molecule has 1 aliphatic carbocycles. The molecule has 2 aliphatic rings. The maximum atomic E-state index is 12.7.